The van der Waals surface area contributed by atoms with E-state index >= 15 is 0 Å². The highest BCUT2D eigenvalue weighted by atomic mass is 32.1. The summed E-state index contributed by atoms with van der Waals surface area (Å²) in [5.74, 6) is 2.98. The van der Waals surface area contributed by atoms with Crippen LogP contribution in [0.5, 0.6) is 17.4 Å². The third kappa shape index (κ3) is 4.13. The highest BCUT2D eigenvalue weighted by molar-refractivity contribution is 7.07. The van der Waals surface area contributed by atoms with Crippen molar-refractivity contribution in [1.82, 2.24) is 14.9 Å². The molecular formula is C23H26N4O2S. The molecule has 0 atom stereocenters. The Labute approximate surface area is 181 Å². The number of anilines is 1. The Kier molecular flexibility index (Phi) is 5.55. The van der Waals surface area contributed by atoms with Gasteiger partial charge >= 0.3 is 0 Å². The van der Waals surface area contributed by atoms with E-state index in [0.717, 1.165) is 67.8 Å². The second-order valence-corrected chi connectivity index (χ2v) is 8.60. The number of benzene rings is 1. The molecule has 0 radical (unpaired) electrons. The van der Waals surface area contributed by atoms with Crippen molar-refractivity contribution in [3.8, 4) is 17.4 Å². The van der Waals surface area contributed by atoms with Crippen LogP contribution in [0.15, 0.2) is 41.1 Å². The Morgan fingerprint density at radius 3 is 2.73 bits per heavy atom. The SMILES string of the molecule is COc1cccc(Oc2nc(N3CCCC3)nc3c2CN(Cc2ccsc2)CC3)c1. The van der Waals surface area contributed by atoms with E-state index in [-0.39, 0.29) is 0 Å². The van der Waals surface area contributed by atoms with Gasteiger partial charge in [-0.3, -0.25) is 4.90 Å². The summed E-state index contributed by atoms with van der Waals surface area (Å²) in [6, 6.07) is 9.89. The molecule has 0 spiro atoms. The molecule has 5 rings (SSSR count). The van der Waals surface area contributed by atoms with E-state index in [0.29, 0.717) is 5.88 Å². The summed E-state index contributed by atoms with van der Waals surface area (Å²) in [5.41, 5.74) is 3.57. The van der Waals surface area contributed by atoms with Crippen LogP contribution in [0.2, 0.25) is 0 Å². The van der Waals surface area contributed by atoms with Gasteiger partial charge in [0.15, 0.2) is 0 Å². The van der Waals surface area contributed by atoms with Crippen molar-refractivity contribution < 1.29 is 9.47 Å². The van der Waals surface area contributed by atoms with Crippen LogP contribution < -0.4 is 14.4 Å². The highest BCUT2D eigenvalue weighted by Gasteiger charge is 2.26. The van der Waals surface area contributed by atoms with Gasteiger partial charge in [0.2, 0.25) is 11.8 Å². The molecule has 156 valence electrons. The van der Waals surface area contributed by atoms with Crippen molar-refractivity contribution in [2.45, 2.75) is 32.4 Å². The van der Waals surface area contributed by atoms with Crippen molar-refractivity contribution in [2.24, 2.45) is 0 Å². The molecule has 0 aliphatic carbocycles. The van der Waals surface area contributed by atoms with E-state index in [4.69, 9.17) is 19.4 Å². The van der Waals surface area contributed by atoms with Gasteiger partial charge in [-0.1, -0.05) is 6.07 Å². The minimum Gasteiger partial charge on any atom is -0.497 e. The van der Waals surface area contributed by atoms with E-state index in [1.54, 1.807) is 18.4 Å². The second-order valence-electron chi connectivity index (χ2n) is 7.82. The Balaban J connectivity index is 1.47. The first kappa shape index (κ1) is 19.3. The summed E-state index contributed by atoms with van der Waals surface area (Å²) in [6.45, 7) is 4.77. The molecule has 0 saturated carbocycles. The second kappa shape index (κ2) is 8.62. The first-order valence-electron chi connectivity index (χ1n) is 10.5. The zero-order valence-electron chi connectivity index (χ0n) is 17.2. The van der Waals surface area contributed by atoms with Gasteiger partial charge in [-0.25, -0.2) is 4.98 Å². The summed E-state index contributed by atoms with van der Waals surface area (Å²) in [7, 11) is 1.67. The van der Waals surface area contributed by atoms with Crippen LogP contribution in [0.1, 0.15) is 29.7 Å². The fourth-order valence-corrected chi connectivity index (χ4v) is 4.78. The number of ether oxygens (including phenoxy) is 2. The molecule has 0 bridgehead atoms. The maximum atomic E-state index is 6.32. The molecule has 6 nitrogen and oxygen atoms in total. The Bertz CT molecular complexity index is 1000. The number of hydrogen-bond acceptors (Lipinski definition) is 7. The standard InChI is InChI=1S/C23H26N4O2S/c1-28-18-5-4-6-19(13-18)29-22-20-15-26(14-17-8-12-30-16-17)11-7-21(20)24-23(25-22)27-9-2-3-10-27/h4-6,8,12-13,16H,2-3,7,9-11,14-15H2,1H3. The van der Waals surface area contributed by atoms with Gasteiger partial charge in [-0.05, 0) is 47.4 Å². The smallest absolute Gasteiger partial charge is 0.228 e. The zero-order chi connectivity index (χ0) is 20.3. The van der Waals surface area contributed by atoms with Crippen LogP contribution >= 0.6 is 11.3 Å². The first-order valence-corrected chi connectivity index (χ1v) is 11.4. The van der Waals surface area contributed by atoms with Crippen LogP contribution in [-0.4, -0.2) is 41.6 Å². The number of methoxy groups -OCH3 is 1. The topological polar surface area (TPSA) is 50.7 Å². The quantitative estimate of drug-likeness (QED) is 0.583. The summed E-state index contributed by atoms with van der Waals surface area (Å²) in [6.07, 6.45) is 3.30. The molecule has 0 unspecified atom stereocenters. The molecular weight excluding hydrogens is 396 g/mol. The number of rotatable bonds is 6. The minimum absolute atomic E-state index is 0.671. The van der Waals surface area contributed by atoms with E-state index < -0.39 is 0 Å². The average molecular weight is 423 g/mol. The van der Waals surface area contributed by atoms with Crippen molar-refractivity contribution in [2.75, 3.05) is 31.6 Å². The minimum atomic E-state index is 0.671. The van der Waals surface area contributed by atoms with Crippen molar-refractivity contribution in [3.63, 3.8) is 0 Å². The molecule has 2 aromatic heterocycles. The predicted octanol–water partition coefficient (Wildman–Crippen LogP) is 4.50. The van der Waals surface area contributed by atoms with Gasteiger partial charge in [-0.2, -0.15) is 16.3 Å². The molecule has 2 aliphatic heterocycles. The first-order chi connectivity index (χ1) is 14.8. The molecule has 1 fully saturated rings. The molecule has 4 heterocycles. The lowest BCUT2D eigenvalue weighted by atomic mass is 10.1. The lowest BCUT2D eigenvalue weighted by molar-refractivity contribution is 0.238. The fraction of sp³-hybridized carbons (Fsp3) is 0.391. The number of aromatic nitrogens is 2. The molecule has 0 N–H and O–H groups in total. The van der Waals surface area contributed by atoms with Crippen LogP contribution in [0.25, 0.3) is 0 Å². The predicted molar refractivity (Wildman–Crippen MR) is 119 cm³/mol. The summed E-state index contributed by atoms with van der Waals surface area (Å²) in [4.78, 5) is 14.5. The van der Waals surface area contributed by atoms with Gasteiger partial charge in [0.1, 0.15) is 11.5 Å². The van der Waals surface area contributed by atoms with Crippen molar-refractivity contribution >= 4 is 17.3 Å². The van der Waals surface area contributed by atoms with Gasteiger partial charge in [0.25, 0.3) is 0 Å². The maximum Gasteiger partial charge on any atom is 0.228 e. The summed E-state index contributed by atoms with van der Waals surface area (Å²) in [5, 5.41) is 4.35. The average Bonchev–Trinajstić information content (AvgIpc) is 3.48. The Morgan fingerprint density at radius 1 is 1.07 bits per heavy atom. The van der Waals surface area contributed by atoms with Gasteiger partial charge in [0, 0.05) is 45.2 Å². The van der Waals surface area contributed by atoms with Gasteiger partial charge in [-0.15, -0.1) is 0 Å². The maximum absolute atomic E-state index is 6.32. The zero-order valence-corrected chi connectivity index (χ0v) is 18.0. The summed E-state index contributed by atoms with van der Waals surface area (Å²) < 4.78 is 11.7. The lowest BCUT2D eigenvalue weighted by Crippen LogP contribution is -2.32. The lowest BCUT2D eigenvalue weighted by Gasteiger charge is -2.30. The molecule has 2 aliphatic rings. The number of fused-ring (bicyclic) bond motifs is 1. The number of thiophene rings is 1. The van der Waals surface area contributed by atoms with Crippen LogP contribution in [0.4, 0.5) is 5.95 Å². The molecule has 1 aromatic carbocycles. The normalized spacial score (nSPS) is 16.5. The van der Waals surface area contributed by atoms with Crippen LogP contribution in [0.3, 0.4) is 0 Å². The van der Waals surface area contributed by atoms with Crippen molar-refractivity contribution in [3.05, 3.63) is 57.9 Å². The van der Waals surface area contributed by atoms with E-state index in [1.165, 1.54) is 18.4 Å². The Morgan fingerprint density at radius 2 is 1.93 bits per heavy atom. The summed E-state index contributed by atoms with van der Waals surface area (Å²) >= 11 is 1.74. The number of hydrogen-bond donors (Lipinski definition) is 0. The monoisotopic (exact) mass is 422 g/mol. The third-order valence-corrected chi connectivity index (χ3v) is 6.45. The third-order valence-electron chi connectivity index (χ3n) is 5.72. The van der Waals surface area contributed by atoms with Crippen LogP contribution in [0, 0.1) is 0 Å². The Hall–Kier alpha value is -2.64. The van der Waals surface area contributed by atoms with Crippen LogP contribution in [-0.2, 0) is 19.5 Å². The molecule has 3 aromatic rings. The number of nitrogens with zero attached hydrogens (tertiary/aromatic N) is 4. The van der Waals surface area contributed by atoms with Gasteiger partial charge in [0.05, 0.1) is 18.4 Å². The van der Waals surface area contributed by atoms with E-state index in [1.807, 2.05) is 24.3 Å². The fourth-order valence-electron chi connectivity index (χ4n) is 4.12. The molecule has 1 saturated heterocycles. The van der Waals surface area contributed by atoms with E-state index in [9.17, 15) is 0 Å². The van der Waals surface area contributed by atoms with Gasteiger partial charge < -0.3 is 14.4 Å². The molecule has 7 heteroatoms. The molecule has 30 heavy (non-hydrogen) atoms. The van der Waals surface area contributed by atoms with E-state index in [2.05, 4.69) is 26.6 Å². The molecule has 0 amide bonds. The largest absolute Gasteiger partial charge is 0.497 e. The van der Waals surface area contributed by atoms with Crippen molar-refractivity contribution in [1.29, 1.82) is 0 Å². The highest BCUT2D eigenvalue weighted by Crippen LogP contribution is 2.33.